The molecule has 0 heterocycles. The highest BCUT2D eigenvalue weighted by molar-refractivity contribution is 9.10. The van der Waals surface area contributed by atoms with Gasteiger partial charge in [-0.3, -0.25) is 4.72 Å². The Balaban J connectivity index is 2.35. The Morgan fingerprint density at radius 3 is 2.48 bits per heavy atom. The molecule has 7 heteroatoms. The smallest absolute Gasteiger partial charge is 0.264 e. The summed E-state index contributed by atoms with van der Waals surface area (Å²) in [6.45, 7) is 0. The Hall–Kier alpha value is -1.60. The van der Waals surface area contributed by atoms with Crippen LogP contribution in [-0.2, 0) is 10.0 Å². The number of nitrogens with zero attached hydrogens (tertiary/aromatic N) is 1. The molecule has 21 heavy (non-hydrogen) atoms. The Kier molecular flexibility index (Phi) is 4.53. The molecular formula is C14H14BrFN2O2S. The molecule has 0 aromatic heterocycles. The normalized spacial score (nSPS) is 11.2. The summed E-state index contributed by atoms with van der Waals surface area (Å²) >= 11 is 3.09. The van der Waals surface area contributed by atoms with Crippen LogP contribution in [0.25, 0.3) is 0 Å². The van der Waals surface area contributed by atoms with E-state index in [0.29, 0.717) is 10.2 Å². The van der Waals surface area contributed by atoms with Crippen molar-refractivity contribution in [1.82, 2.24) is 0 Å². The number of hydrogen-bond donors (Lipinski definition) is 1. The van der Waals surface area contributed by atoms with Crippen molar-refractivity contribution in [2.24, 2.45) is 0 Å². The van der Waals surface area contributed by atoms with E-state index >= 15 is 0 Å². The van der Waals surface area contributed by atoms with E-state index in [0.717, 1.165) is 11.8 Å². The third-order valence-corrected chi connectivity index (χ3v) is 4.71. The molecular weight excluding hydrogens is 359 g/mol. The molecule has 112 valence electrons. The first-order valence-corrected chi connectivity index (χ1v) is 8.32. The zero-order chi connectivity index (χ0) is 15.6. The molecule has 0 amide bonds. The average Bonchev–Trinajstić information content (AvgIpc) is 2.37. The van der Waals surface area contributed by atoms with Crippen molar-refractivity contribution < 1.29 is 12.8 Å². The minimum atomic E-state index is -3.97. The number of nitrogens with one attached hydrogen (secondary N) is 1. The Morgan fingerprint density at radius 1 is 1.14 bits per heavy atom. The molecule has 2 rings (SSSR count). The van der Waals surface area contributed by atoms with Gasteiger partial charge in [-0.05, 0) is 36.4 Å². The first kappa shape index (κ1) is 15.8. The van der Waals surface area contributed by atoms with Crippen molar-refractivity contribution in [3.05, 3.63) is 52.8 Å². The number of rotatable bonds is 4. The fourth-order valence-corrected chi connectivity index (χ4v) is 3.19. The van der Waals surface area contributed by atoms with Crippen molar-refractivity contribution >= 4 is 37.3 Å². The van der Waals surface area contributed by atoms with Gasteiger partial charge in [-0.25, -0.2) is 12.8 Å². The van der Waals surface area contributed by atoms with Gasteiger partial charge in [0.25, 0.3) is 10.0 Å². The van der Waals surface area contributed by atoms with Crippen LogP contribution in [0.1, 0.15) is 0 Å². The number of sulfonamides is 1. The van der Waals surface area contributed by atoms with Gasteiger partial charge < -0.3 is 4.90 Å². The molecule has 1 N–H and O–H groups in total. The van der Waals surface area contributed by atoms with Crippen LogP contribution in [0.2, 0.25) is 0 Å². The molecule has 0 saturated heterocycles. The van der Waals surface area contributed by atoms with Gasteiger partial charge in [-0.2, -0.15) is 0 Å². The Labute approximate surface area is 131 Å². The summed E-state index contributed by atoms with van der Waals surface area (Å²) in [5, 5.41) is 0. The maximum absolute atomic E-state index is 13.8. The second kappa shape index (κ2) is 6.03. The first-order valence-electron chi connectivity index (χ1n) is 6.05. The van der Waals surface area contributed by atoms with Crippen LogP contribution in [0.15, 0.2) is 51.8 Å². The molecule has 0 bridgehead atoms. The van der Waals surface area contributed by atoms with Gasteiger partial charge in [0.1, 0.15) is 10.7 Å². The predicted octanol–water partition coefficient (Wildman–Crippen LogP) is 3.46. The minimum absolute atomic E-state index is 0.378. The Morgan fingerprint density at radius 2 is 1.86 bits per heavy atom. The lowest BCUT2D eigenvalue weighted by molar-refractivity contribution is 0.570. The predicted molar refractivity (Wildman–Crippen MR) is 85.7 cm³/mol. The van der Waals surface area contributed by atoms with Gasteiger partial charge in [0.05, 0.1) is 5.69 Å². The second-order valence-corrected chi connectivity index (χ2v) is 7.19. The fraction of sp³-hybridized carbons (Fsp3) is 0.143. The molecule has 0 unspecified atom stereocenters. The number of benzene rings is 2. The molecule has 2 aromatic carbocycles. The summed E-state index contributed by atoms with van der Waals surface area (Å²) in [5.74, 6) is -0.805. The first-order chi connectivity index (χ1) is 9.79. The van der Waals surface area contributed by atoms with Crippen molar-refractivity contribution in [3.63, 3.8) is 0 Å². The minimum Gasteiger partial charge on any atom is -0.378 e. The van der Waals surface area contributed by atoms with Crippen molar-refractivity contribution in [1.29, 1.82) is 0 Å². The lowest BCUT2D eigenvalue weighted by atomic mass is 10.3. The second-order valence-electron chi connectivity index (χ2n) is 4.62. The topological polar surface area (TPSA) is 49.4 Å². The summed E-state index contributed by atoms with van der Waals surface area (Å²) in [6, 6.07) is 10.7. The average molecular weight is 373 g/mol. The largest absolute Gasteiger partial charge is 0.378 e. The number of halogens is 2. The lowest BCUT2D eigenvalue weighted by Gasteiger charge is -2.14. The third kappa shape index (κ3) is 3.74. The van der Waals surface area contributed by atoms with Crippen LogP contribution < -0.4 is 9.62 Å². The Bertz CT molecular complexity index is 763. The maximum Gasteiger partial charge on any atom is 0.264 e. The standard InChI is InChI=1S/C14H14BrFN2O2S/c1-18(2)12-5-3-4-11(9-12)17-21(19,20)14-7-6-10(15)8-13(14)16/h3-9,17H,1-2H3. The van der Waals surface area contributed by atoms with Crippen LogP contribution in [0, 0.1) is 5.82 Å². The van der Waals surface area contributed by atoms with Crippen LogP contribution in [0.3, 0.4) is 0 Å². The highest BCUT2D eigenvalue weighted by Gasteiger charge is 2.19. The van der Waals surface area contributed by atoms with E-state index in [-0.39, 0.29) is 4.90 Å². The molecule has 0 radical (unpaired) electrons. The summed E-state index contributed by atoms with van der Waals surface area (Å²) in [6.07, 6.45) is 0. The summed E-state index contributed by atoms with van der Waals surface area (Å²) in [5.41, 5.74) is 1.22. The molecule has 4 nitrogen and oxygen atoms in total. The molecule has 0 aliphatic rings. The number of hydrogen-bond acceptors (Lipinski definition) is 3. The SMILES string of the molecule is CN(C)c1cccc(NS(=O)(=O)c2ccc(Br)cc2F)c1. The monoisotopic (exact) mass is 372 g/mol. The van der Waals surface area contributed by atoms with Gasteiger partial charge in [-0.15, -0.1) is 0 Å². The molecule has 0 atom stereocenters. The van der Waals surface area contributed by atoms with Gasteiger partial charge in [0.2, 0.25) is 0 Å². The van der Waals surface area contributed by atoms with E-state index in [4.69, 9.17) is 0 Å². The van der Waals surface area contributed by atoms with Gasteiger partial charge in [0.15, 0.2) is 0 Å². The van der Waals surface area contributed by atoms with Crippen molar-refractivity contribution in [2.45, 2.75) is 4.90 Å². The van der Waals surface area contributed by atoms with Crippen LogP contribution in [-0.4, -0.2) is 22.5 Å². The maximum atomic E-state index is 13.8. The van der Waals surface area contributed by atoms with E-state index in [2.05, 4.69) is 20.7 Å². The van der Waals surface area contributed by atoms with E-state index in [9.17, 15) is 12.8 Å². The fourth-order valence-electron chi connectivity index (χ4n) is 1.75. The van der Waals surface area contributed by atoms with Crippen LogP contribution in [0.4, 0.5) is 15.8 Å². The lowest BCUT2D eigenvalue weighted by Crippen LogP contribution is -2.15. The molecule has 0 aliphatic carbocycles. The quantitative estimate of drug-likeness (QED) is 0.893. The van der Waals surface area contributed by atoms with E-state index in [1.165, 1.54) is 12.1 Å². The zero-order valence-corrected chi connectivity index (χ0v) is 13.9. The summed E-state index contributed by atoms with van der Waals surface area (Å²) in [7, 11) is -0.269. The number of anilines is 2. The van der Waals surface area contributed by atoms with E-state index in [1.54, 1.807) is 18.2 Å². The summed E-state index contributed by atoms with van der Waals surface area (Å²) in [4.78, 5) is 1.46. The molecule has 0 saturated carbocycles. The molecule has 0 spiro atoms. The van der Waals surface area contributed by atoms with E-state index < -0.39 is 15.8 Å². The highest BCUT2D eigenvalue weighted by atomic mass is 79.9. The van der Waals surface area contributed by atoms with Crippen LogP contribution in [0.5, 0.6) is 0 Å². The highest BCUT2D eigenvalue weighted by Crippen LogP contribution is 2.24. The van der Waals surface area contributed by atoms with Gasteiger partial charge in [-0.1, -0.05) is 22.0 Å². The van der Waals surface area contributed by atoms with Crippen molar-refractivity contribution in [3.8, 4) is 0 Å². The summed E-state index contributed by atoms with van der Waals surface area (Å²) < 4.78 is 41.1. The van der Waals surface area contributed by atoms with E-state index in [1.807, 2.05) is 25.1 Å². The zero-order valence-electron chi connectivity index (χ0n) is 11.5. The van der Waals surface area contributed by atoms with Crippen LogP contribution >= 0.6 is 15.9 Å². The third-order valence-electron chi connectivity index (χ3n) is 2.80. The molecule has 0 aliphatic heterocycles. The van der Waals surface area contributed by atoms with Gasteiger partial charge in [0, 0.05) is 24.3 Å². The molecule has 0 fully saturated rings. The molecule has 2 aromatic rings. The van der Waals surface area contributed by atoms with Gasteiger partial charge >= 0.3 is 0 Å². The van der Waals surface area contributed by atoms with Crippen molar-refractivity contribution in [2.75, 3.05) is 23.7 Å².